The minimum absolute atomic E-state index is 0.299. The van der Waals surface area contributed by atoms with Gasteiger partial charge in [-0.25, -0.2) is 0 Å². The molecule has 1 nitrogen and oxygen atoms in total. The van der Waals surface area contributed by atoms with Crippen LogP contribution in [0.1, 0.15) is 26.4 Å². The zero-order valence-electron chi connectivity index (χ0n) is 9.57. The number of hydrogen-bond donors (Lipinski definition) is 0. The van der Waals surface area contributed by atoms with Gasteiger partial charge in [-0.3, -0.25) is 0 Å². The van der Waals surface area contributed by atoms with Gasteiger partial charge in [-0.1, -0.05) is 28.1 Å². The van der Waals surface area contributed by atoms with E-state index in [1.54, 1.807) is 0 Å². The summed E-state index contributed by atoms with van der Waals surface area (Å²) < 4.78 is 5.53. The van der Waals surface area contributed by atoms with E-state index in [4.69, 9.17) is 4.74 Å². The summed E-state index contributed by atoms with van der Waals surface area (Å²) in [4.78, 5) is 1.69. The molecule has 0 spiro atoms. The summed E-state index contributed by atoms with van der Waals surface area (Å²) >= 11 is 5.61. The zero-order chi connectivity index (χ0) is 11.8. The van der Waals surface area contributed by atoms with Crippen LogP contribution in [0.4, 0.5) is 0 Å². The van der Waals surface area contributed by atoms with Crippen LogP contribution in [0.5, 0.6) is 5.75 Å². The number of rotatable bonds is 2. The Balaban J connectivity index is 1.97. The molecule has 1 aliphatic rings. The van der Waals surface area contributed by atoms with Gasteiger partial charge in [0.25, 0.3) is 0 Å². The number of fused-ring (bicyclic) bond motifs is 1. The highest BCUT2D eigenvalue weighted by Gasteiger charge is 2.18. The number of alkyl halides is 1. The molecule has 1 atom stereocenters. The lowest BCUT2D eigenvalue weighted by atomic mass is 10.0. The smallest absolute Gasteiger partial charge is 0.122 e. The predicted molar refractivity (Wildman–Crippen MR) is 75.5 cm³/mol. The number of ether oxygens (including phenoxy) is 1. The molecular formula is C14H13BrOS. The van der Waals surface area contributed by atoms with E-state index in [0.29, 0.717) is 4.83 Å². The third kappa shape index (κ3) is 2.02. The molecule has 1 aromatic heterocycles. The maximum atomic E-state index is 5.53. The number of aryl methyl sites for hydroxylation is 1. The Hall–Kier alpha value is -0.800. The first-order valence-corrected chi connectivity index (χ1v) is 7.49. The van der Waals surface area contributed by atoms with Crippen LogP contribution >= 0.6 is 27.3 Å². The van der Waals surface area contributed by atoms with Gasteiger partial charge in [0.2, 0.25) is 0 Å². The largest absolute Gasteiger partial charge is 0.493 e. The Morgan fingerprint density at radius 2 is 2.24 bits per heavy atom. The van der Waals surface area contributed by atoms with Crippen LogP contribution in [0.2, 0.25) is 0 Å². The molecule has 0 bridgehead atoms. The van der Waals surface area contributed by atoms with Crippen LogP contribution in [0.3, 0.4) is 0 Å². The Morgan fingerprint density at radius 1 is 1.35 bits per heavy atom. The lowest BCUT2D eigenvalue weighted by molar-refractivity contribution is 0.357. The fourth-order valence-corrected chi connectivity index (χ4v) is 4.06. The minimum atomic E-state index is 0.299. The Morgan fingerprint density at radius 3 is 3.00 bits per heavy atom. The van der Waals surface area contributed by atoms with Gasteiger partial charge in [0.05, 0.1) is 11.4 Å². The second-order valence-electron chi connectivity index (χ2n) is 4.30. The standard InChI is InChI=1S/C14H13BrOS/c1-9-5-7-17-14(9)13(15)11-2-3-12-10(8-11)4-6-16-12/h2-3,5,7-8,13H,4,6H2,1H3. The number of halogens is 1. The van der Waals surface area contributed by atoms with Gasteiger partial charge in [-0.2, -0.15) is 0 Å². The monoisotopic (exact) mass is 308 g/mol. The van der Waals surface area contributed by atoms with E-state index in [2.05, 4.69) is 52.5 Å². The van der Waals surface area contributed by atoms with Gasteiger partial charge in [0.1, 0.15) is 5.75 Å². The molecule has 1 aliphatic heterocycles. The van der Waals surface area contributed by atoms with E-state index in [9.17, 15) is 0 Å². The first-order chi connectivity index (χ1) is 8.25. The third-order valence-electron chi connectivity index (χ3n) is 3.14. The lowest BCUT2D eigenvalue weighted by Crippen LogP contribution is -1.92. The quantitative estimate of drug-likeness (QED) is 0.743. The van der Waals surface area contributed by atoms with E-state index >= 15 is 0 Å². The van der Waals surface area contributed by atoms with Crippen LogP contribution in [-0.4, -0.2) is 6.61 Å². The zero-order valence-corrected chi connectivity index (χ0v) is 12.0. The van der Waals surface area contributed by atoms with Gasteiger partial charge < -0.3 is 4.74 Å². The van der Waals surface area contributed by atoms with Crippen molar-refractivity contribution >= 4 is 27.3 Å². The number of benzene rings is 1. The molecule has 0 amide bonds. The molecule has 0 saturated heterocycles. The lowest BCUT2D eigenvalue weighted by Gasteiger charge is -2.11. The second-order valence-corrected chi connectivity index (χ2v) is 6.16. The molecule has 1 aromatic carbocycles. The van der Waals surface area contributed by atoms with Crippen molar-refractivity contribution < 1.29 is 4.74 Å². The summed E-state index contributed by atoms with van der Waals surface area (Å²) in [5.74, 6) is 1.05. The van der Waals surface area contributed by atoms with Crippen molar-refractivity contribution in [2.24, 2.45) is 0 Å². The molecule has 1 unspecified atom stereocenters. The SMILES string of the molecule is Cc1ccsc1C(Br)c1ccc2c(c1)CCO2. The summed E-state index contributed by atoms with van der Waals surface area (Å²) in [5, 5.41) is 2.15. The van der Waals surface area contributed by atoms with E-state index < -0.39 is 0 Å². The third-order valence-corrected chi connectivity index (χ3v) is 5.51. The van der Waals surface area contributed by atoms with Crippen molar-refractivity contribution in [3.8, 4) is 5.75 Å². The second kappa shape index (κ2) is 4.46. The van der Waals surface area contributed by atoms with Crippen molar-refractivity contribution in [2.45, 2.75) is 18.2 Å². The van der Waals surface area contributed by atoms with Crippen LogP contribution in [-0.2, 0) is 6.42 Å². The molecule has 3 rings (SSSR count). The highest BCUT2D eigenvalue weighted by Crippen LogP contribution is 2.38. The van der Waals surface area contributed by atoms with Crippen LogP contribution < -0.4 is 4.74 Å². The molecule has 0 fully saturated rings. The highest BCUT2D eigenvalue weighted by atomic mass is 79.9. The Kier molecular flexibility index (Phi) is 2.97. The molecule has 2 aromatic rings. The summed E-state index contributed by atoms with van der Waals surface area (Å²) in [6.45, 7) is 2.99. The summed E-state index contributed by atoms with van der Waals surface area (Å²) in [5.41, 5.74) is 4.01. The highest BCUT2D eigenvalue weighted by molar-refractivity contribution is 9.09. The topological polar surface area (TPSA) is 9.23 Å². The normalized spacial score (nSPS) is 15.4. The van der Waals surface area contributed by atoms with Gasteiger partial charge in [0, 0.05) is 11.3 Å². The van der Waals surface area contributed by atoms with Crippen LogP contribution in [0.15, 0.2) is 29.6 Å². The fourth-order valence-electron chi connectivity index (χ4n) is 2.16. The summed E-state index contributed by atoms with van der Waals surface area (Å²) in [6, 6.07) is 8.68. The summed E-state index contributed by atoms with van der Waals surface area (Å²) in [7, 11) is 0. The van der Waals surface area contributed by atoms with Crippen LogP contribution in [0, 0.1) is 6.92 Å². The van der Waals surface area contributed by atoms with E-state index in [0.717, 1.165) is 18.8 Å². The van der Waals surface area contributed by atoms with E-state index in [1.165, 1.54) is 21.6 Å². The summed E-state index contributed by atoms with van der Waals surface area (Å²) in [6.07, 6.45) is 1.03. The first kappa shape index (κ1) is 11.3. The van der Waals surface area contributed by atoms with Gasteiger partial charge in [-0.15, -0.1) is 11.3 Å². The molecular weight excluding hydrogens is 296 g/mol. The fraction of sp³-hybridized carbons (Fsp3) is 0.286. The maximum Gasteiger partial charge on any atom is 0.122 e. The van der Waals surface area contributed by atoms with Crippen molar-refractivity contribution in [2.75, 3.05) is 6.61 Å². The van der Waals surface area contributed by atoms with E-state index in [-0.39, 0.29) is 0 Å². The van der Waals surface area contributed by atoms with Crippen molar-refractivity contribution in [1.82, 2.24) is 0 Å². The number of thiophene rings is 1. The minimum Gasteiger partial charge on any atom is -0.493 e. The Bertz CT molecular complexity index is 547. The van der Waals surface area contributed by atoms with Gasteiger partial charge >= 0.3 is 0 Å². The molecule has 0 radical (unpaired) electrons. The molecule has 2 heterocycles. The Labute approximate surface area is 114 Å². The number of hydrogen-bond acceptors (Lipinski definition) is 2. The molecule has 0 N–H and O–H groups in total. The maximum absolute atomic E-state index is 5.53. The van der Waals surface area contributed by atoms with Crippen molar-refractivity contribution in [3.63, 3.8) is 0 Å². The molecule has 17 heavy (non-hydrogen) atoms. The predicted octanol–water partition coefficient (Wildman–Crippen LogP) is 4.48. The van der Waals surface area contributed by atoms with Crippen LogP contribution in [0.25, 0.3) is 0 Å². The van der Waals surface area contributed by atoms with Gasteiger partial charge in [0.15, 0.2) is 0 Å². The molecule has 88 valence electrons. The van der Waals surface area contributed by atoms with E-state index in [1.807, 2.05) is 11.3 Å². The average Bonchev–Trinajstić information content (AvgIpc) is 2.95. The molecule has 0 aliphatic carbocycles. The van der Waals surface area contributed by atoms with Crippen molar-refractivity contribution in [1.29, 1.82) is 0 Å². The molecule has 0 saturated carbocycles. The average molecular weight is 309 g/mol. The first-order valence-electron chi connectivity index (χ1n) is 5.69. The molecule has 3 heteroatoms. The van der Waals surface area contributed by atoms with Gasteiger partial charge in [-0.05, 0) is 41.1 Å². The van der Waals surface area contributed by atoms with Crippen molar-refractivity contribution in [3.05, 3.63) is 51.2 Å².